The van der Waals surface area contributed by atoms with E-state index in [1.165, 1.54) is 4.88 Å². The predicted molar refractivity (Wildman–Crippen MR) is 91.1 cm³/mol. The minimum Gasteiger partial charge on any atom is -0.355 e. The first-order chi connectivity index (χ1) is 11.1. The van der Waals surface area contributed by atoms with E-state index in [4.69, 9.17) is 4.52 Å². The molecule has 1 aromatic carbocycles. The van der Waals surface area contributed by atoms with Crippen LogP contribution in [-0.2, 0) is 12.8 Å². The Morgan fingerprint density at radius 2 is 2.00 bits per heavy atom. The maximum Gasteiger partial charge on any atom is 0.278 e. The van der Waals surface area contributed by atoms with Gasteiger partial charge >= 0.3 is 0 Å². The van der Waals surface area contributed by atoms with Crippen molar-refractivity contribution in [2.45, 2.75) is 26.7 Å². The zero-order valence-electron chi connectivity index (χ0n) is 13.0. The van der Waals surface area contributed by atoms with Gasteiger partial charge in [0.05, 0.1) is 0 Å². The number of rotatable bonds is 2. The average Bonchev–Trinajstić information content (AvgIpc) is 3.11. The number of carbonyl (C=O) groups excluding carboxylic acids is 1. The van der Waals surface area contributed by atoms with Crippen LogP contribution < -0.4 is 5.32 Å². The maximum atomic E-state index is 12.6. The molecule has 4 nitrogen and oxygen atoms in total. The molecule has 0 saturated heterocycles. The highest BCUT2D eigenvalue weighted by Crippen LogP contribution is 2.38. The van der Waals surface area contributed by atoms with Gasteiger partial charge in [0, 0.05) is 21.7 Å². The molecular formula is C18H16N2O2S. The molecule has 2 heterocycles. The quantitative estimate of drug-likeness (QED) is 0.761. The van der Waals surface area contributed by atoms with Gasteiger partial charge in [-0.1, -0.05) is 11.2 Å². The van der Waals surface area contributed by atoms with Crippen molar-refractivity contribution in [3.8, 4) is 11.3 Å². The van der Waals surface area contributed by atoms with Crippen LogP contribution in [0.25, 0.3) is 11.3 Å². The molecule has 1 amide bonds. The van der Waals surface area contributed by atoms with Gasteiger partial charge in [-0.25, -0.2) is 0 Å². The molecule has 0 bridgehead atoms. The Bertz CT molecular complexity index is 887. The topological polar surface area (TPSA) is 55.1 Å². The van der Waals surface area contributed by atoms with Gasteiger partial charge in [0.15, 0.2) is 11.5 Å². The molecular weight excluding hydrogens is 308 g/mol. The van der Waals surface area contributed by atoms with E-state index in [9.17, 15) is 4.79 Å². The van der Waals surface area contributed by atoms with E-state index in [-0.39, 0.29) is 5.91 Å². The van der Waals surface area contributed by atoms with E-state index in [1.807, 2.05) is 32.0 Å². The molecule has 0 radical (unpaired) electrons. The van der Waals surface area contributed by atoms with Crippen LogP contribution in [0.3, 0.4) is 0 Å². The first-order valence-electron chi connectivity index (χ1n) is 7.57. The third-order valence-electron chi connectivity index (χ3n) is 4.07. The van der Waals surface area contributed by atoms with E-state index in [1.54, 1.807) is 11.3 Å². The van der Waals surface area contributed by atoms with Crippen molar-refractivity contribution in [1.29, 1.82) is 0 Å². The lowest BCUT2D eigenvalue weighted by Gasteiger charge is -2.11. The summed E-state index contributed by atoms with van der Waals surface area (Å²) in [5, 5.41) is 9.02. The monoisotopic (exact) mass is 324 g/mol. The summed E-state index contributed by atoms with van der Waals surface area (Å²) in [6, 6.07) is 8.02. The number of amides is 1. The van der Waals surface area contributed by atoms with Gasteiger partial charge in [-0.2, -0.15) is 0 Å². The van der Waals surface area contributed by atoms with Crippen LogP contribution in [0.15, 0.2) is 34.2 Å². The molecule has 116 valence electrons. The average molecular weight is 324 g/mol. The van der Waals surface area contributed by atoms with Gasteiger partial charge in [0.25, 0.3) is 5.91 Å². The summed E-state index contributed by atoms with van der Waals surface area (Å²) < 4.78 is 5.47. The van der Waals surface area contributed by atoms with Crippen LogP contribution >= 0.6 is 11.3 Å². The van der Waals surface area contributed by atoms with Gasteiger partial charge < -0.3 is 9.84 Å². The fourth-order valence-electron chi connectivity index (χ4n) is 3.14. The van der Waals surface area contributed by atoms with Gasteiger partial charge in [0.1, 0.15) is 0 Å². The molecule has 23 heavy (non-hydrogen) atoms. The second-order valence-electron chi connectivity index (χ2n) is 5.93. The number of hydrogen-bond acceptors (Lipinski definition) is 4. The third-order valence-corrected chi connectivity index (χ3v) is 5.06. The van der Waals surface area contributed by atoms with Crippen molar-refractivity contribution in [2.24, 2.45) is 0 Å². The zero-order valence-corrected chi connectivity index (χ0v) is 13.8. The van der Waals surface area contributed by atoms with Crippen LogP contribution in [0.1, 0.15) is 32.1 Å². The number of anilines is 1. The summed E-state index contributed by atoms with van der Waals surface area (Å²) >= 11 is 1.72. The molecule has 0 atom stereocenters. The second-order valence-corrected chi connectivity index (χ2v) is 6.93. The highest BCUT2D eigenvalue weighted by atomic mass is 32.1. The van der Waals surface area contributed by atoms with Crippen molar-refractivity contribution in [3.63, 3.8) is 0 Å². The van der Waals surface area contributed by atoms with Crippen molar-refractivity contribution in [3.05, 3.63) is 56.9 Å². The maximum absolute atomic E-state index is 12.6. The lowest BCUT2D eigenvalue weighted by Crippen LogP contribution is -2.15. The molecule has 5 heteroatoms. The van der Waals surface area contributed by atoms with Crippen LogP contribution in [0.2, 0.25) is 0 Å². The van der Waals surface area contributed by atoms with E-state index in [2.05, 4.69) is 21.9 Å². The molecule has 0 saturated carbocycles. The number of aromatic nitrogens is 1. The highest BCUT2D eigenvalue weighted by Gasteiger charge is 2.28. The number of fused-ring (bicyclic) bond motifs is 3. The summed E-state index contributed by atoms with van der Waals surface area (Å²) in [4.78, 5) is 13.9. The zero-order chi connectivity index (χ0) is 16.0. The first-order valence-corrected chi connectivity index (χ1v) is 8.45. The molecule has 0 unspecified atom stereocenters. The molecule has 1 aliphatic rings. The fourth-order valence-corrected chi connectivity index (χ4v) is 4.02. The number of benzene rings is 1. The van der Waals surface area contributed by atoms with Gasteiger partial charge in [0.2, 0.25) is 0 Å². The Hall–Kier alpha value is -2.40. The van der Waals surface area contributed by atoms with Crippen molar-refractivity contribution in [1.82, 2.24) is 5.16 Å². The second kappa shape index (κ2) is 5.35. The summed E-state index contributed by atoms with van der Waals surface area (Å²) in [5.41, 5.74) is 5.41. The molecule has 0 fully saturated rings. The van der Waals surface area contributed by atoms with Crippen molar-refractivity contribution in [2.75, 3.05) is 5.32 Å². The van der Waals surface area contributed by atoms with E-state index in [0.29, 0.717) is 5.69 Å². The third kappa shape index (κ3) is 2.47. The van der Waals surface area contributed by atoms with Crippen molar-refractivity contribution < 1.29 is 9.32 Å². The van der Waals surface area contributed by atoms with Gasteiger partial charge in [-0.15, -0.1) is 11.3 Å². The summed E-state index contributed by atoms with van der Waals surface area (Å²) in [6.07, 6.45) is 1.73. The number of aryl methyl sites for hydroxylation is 3. The molecule has 4 rings (SSSR count). The Morgan fingerprint density at radius 3 is 2.78 bits per heavy atom. The highest BCUT2D eigenvalue weighted by molar-refractivity contribution is 7.10. The van der Waals surface area contributed by atoms with Gasteiger partial charge in [-0.3, -0.25) is 4.79 Å². The largest absolute Gasteiger partial charge is 0.355 e. The van der Waals surface area contributed by atoms with Crippen LogP contribution in [-0.4, -0.2) is 11.1 Å². The standard InChI is InChI=1S/C18H16N2O2S/c1-10-7-11(2)9-12(8-10)19-18(21)16-14-3-4-15-13(5-6-23-15)17(14)22-20-16/h5-9H,3-4H2,1-2H3,(H,19,21). The Morgan fingerprint density at radius 1 is 1.22 bits per heavy atom. The Balaban J connectivity index is 1.66. The summed E-state index contributed by atoms with van der Waals surface area (Å²) in [6.45, 7) is 4.03. The first kappa shape index (κ1) is 14.2. The molecule has 1 N–H and O–H groups in total. The lowest BCUT2D eigenvalue weighted by atomic mass is 9.95. The number of carbonyl (C=O) groups is 1. The smallest absolute Gasteiger partial charge is 0.278 e. The summed E-state index contributed by atoms with van der Waals surface area (Å²) in [7, 11) is 0. The number of thiophene rings is 1. The van der Waals surface area contributed by atoms with Crippen molar-refractivity contribution >= 4 is 22.9 Å². The van der Waals surface area contributed by atoms with E-state index in [0.717, 1.165) is 46.5 Å². The van der Waals surface area contributed by atoms with Crippen LogP contribution in [0.5, 0.6) is 0 Å². The normalized spacial score (nSPS) is 12.6. The molecule has 0 aliphatic heterocycles. The minimum atomic E-state index is -0.210. The number of nitrogens with one attached hydrogen (secondary N) is 1. The SMILES string of the molecule is Cc1cc(C)cc(NC(=O)c2noc3c2CCc2sccc2-3)c1. The molecule has 1 aliphatic carbocycles. The number of nitrogens with zero attached hydrogens (tertiary/aromatic N) is 1. The fraction of sp³-hybridized carbons (Fsp3) is 0.222. The molecule has 3 aromatic rings. The predicted octanol–water partition coefficient (Wildman–Crippen LogP) is 4.37. The summed E-state index contributed by atoms with van der Waals surface area (Å²) in [5.74, 6) is 0.539. The molecule has 2 aromatic heterocycles. The van der Waals surface area contributed by atoms with Gasteiger partial charge in [-0.05, 0) is 61.4 Å². The molecule has 0 spiro atoms. The Kier molecular flexibility index (Phi) is 3.31. The van der Waals surface area contributed by atoms with E-state index < -0.39 is 0 Å². The number of hydrogen-bond donors (Lipinski definition) is 1. The van der Waals surface area contributed by atoms with Crippen LogP contribution in [0.4, 0.5) is 5.69 Å². The lowest BCUT2D eigenvalue weighted by molar-refractivity contribution is 0.101. The minimum absolute atomic E-state index is 0.210. The van der Waals surface area contributed by atoms with E-state index >= 15 is 0 Å². The Labute approximate surface area is 138 Å². The van der Waals surface area contributed by atoms with Crippen LogP contribution in [0, 0.1) is 13.8 Å².